The third-order valence-electron chi connectivity index (χ3n) is 2.99. The molecule has 0 N–H and O–H groups in total. The fourth-order valence-electron chi connectivity index (χ4n) is 2.22. The molecule has 2 rings (SSSR count). The number of hydrogen-bond donors (Lipinski definition) is 0. The first-order valence-corrected chi connectivity index (χ1v) is 3.71. The van der Waals surface area contributed by atoms with Crippen LogP contribution in [-0.2, 0) is 0 Å². The van der Waals surface area contributed by atoms with Gasteiger partial charge in [-0.3, -0.25) is 0 Å². The summed E-state index contributed by atoms with van der Waals surface area (Å²) >= 11 is 0. The molecule has 0 saturated heterocycles. The Kier molecular flexibility index (Phi) is 2.69. The molecule has 0 radical (unpaired) electrons. The number of hydrogen-bond acceptors (Lipinski definition) is 0. The zero-order chi connectivity index (χ0) is 5.56. The fourth-order valence-corrected chi connectivity index (χ4v) is 2.22. The summed E-state index contributed by atoms with van der Waals surface area (Å²) in [6, 6.07) is 0. The first kappa shape index (κ1) is 8.15. The maximum Gasteiger partial charge on any atom is 0 e. The molecule has 3 unspecified atom stereocenters. The van der Waals surface area contributed by atoms with Crippen LogP contribution in [0.4, 0.5) is 0 Å². The van der Waals surface area contributed by atoms with Gasteiger partial charge in [0.15, 0.2) is 0 Å². The molecule has 0 aromatic carbocycles. The number of fused-ring (bicyclic) bond motifs is 1. The van der Waals surface area contributed by atoms with Crippen molar-refractivity contribution in [3.05, 3.63) is 6.92 Å². The summed E-state index contributed by atoms with van der Waals surface area (Å²) in [6.07, 6.45) is 5.89. The van der Waals surface area contributed by atoms with Gasteiger partial charge >= 0.3 is 0 Å². The molecule has 0 heterocycles. The number of rotatable bonds is 0. The Morgan fingerprint density at radius 2 is 1.67 bits per heavy atom. The summed E-state index contributed by atoms with van der Waals surface area (Å²) in [5.41, 5.74) is 0. The van der Waals surface area contributed by atoms with E-state index in [1.54, 1.807) is 0 Å². The van der Waals surface area contributed by atoms with E-state index >= 15 is 0 Å². The van der Waals surface area contributed by atoms with Crippen LogP contribution in [0.3, 0.4) is 0 Å². The van der Waals surface area contributed by atoms with Gasteiger partial charge in [-0.1, -0.05) is 31.6 Å². The van der Waals surface area contributed by atoms with Crippen molar-refractivity contribution in [1.82, 2.24) is 0 Å². The Balaban J connectivity index is 0.000000405. The Hall–Kier alpha value is 1.05. The molecule has 1 heteroatoms. The fraction of sp³-hybridized carbons (Fsp3) is 0.875. The molecular formula is C8H13U-. The predicted molar refractivity (Wildman–Crippen MR) is 34.3 cm³/mol. The molecule has 0 bridgehead atoms. The van der Waals surface area contributed by atoms with E-state index in [9.17, 15) is 0 Å². The van der Waals surface area contributed by atoms with Crippen molar-refractivity contribution in [3.63, 3.8) is 0 Å². The van der Waals surface area contributed by atoms with Gasteiger partial charge in [-0.15, -0.1) is 0 Å². The van der Waals surface area contributed by atoms with Gasteiger partial charge in [-0.05, 0) is 5.92 Å². The molecule has 0 amide bonds. The third-order valence-corrected chi connectivity index (χ3v) is 2.99. The third kappa shape index (κ3) is 1.24. The SMILES string of the molecule is [CH2-]C1CCC2CCC12.[U]. The minimum atomic E-state index is 0. The molecule has 2 fully saturated rings. The van der Waals surface area contributed by atoms with Crippen LogP contribution in [0.2, 0.25) is 0 Å². The summed E-state index contributed by atoms with van der Waals surface area (Å²) in [4.78, 5) is 0. The van der Waals surface area contributed by atoms with Gasteiger partial charge in [0.2, 0.25) is 0 Å². The average Bonchev–Trinajstić information content (AvgIpc) is 1.80. The maximum atomic E-state index is 4.12. The van der Waals surface area contributed by atoms with Gasteiger partial charge in [0.05, 0.1) is 0 Å². The van der Waals surface area contributed by atoms with Crippen molar-refractivity contribution in [2.75, 3.05) is 0 Å². The average molecular weight is 347 g/mol. The van der Waals surface area contributed by atoms with Crippen molar-refractivity contribution >= 4 is 0 Å². The molecule has 50 valence electrons. The molecule has 2 saturated carbocycles. The largest absolute Gasteiger partial charge is 0.340 e. The molecule has 0 aromatic rings. The smallest absolute Gasteiger partial charge is 0 e. The van der Waals surface area contributed by atoms with Gasteiger partial charge in [0.1, 0.15) is 0 Å². The normalized spacial score (nSPS) is 47.0. The maximum absolute atomic E-state index is 4.12. The Morgan fingerprint density at radius 3 is 1.89 bits per heavy atom. The van der Waals surface area contributed by atoms with E-state index in [0.717, 1.165) is 17.8 Å². The standard InChI is InChI=1S/C8H13.U/c1-6-2-3-7-4-5-8(6)7;/h6-8H,1-5H2;/q-1;. The van der Waals surface area contributed by atoms with Crippen LogP contribution >= 0.6 is 0 Å². The Bertz CT molecular complexity index is 94.7. The van der Waals surface area contributed by atoms with Crippen LogP contribution in [0, 0.1) is 55.8 Å². The van der Waals surface area contributed by atoms with Gasteiger partial charge in [-0.2, -0.15) is 5.92 Å². The van der Waals surface area contributed by atoms with Gasteiger partial charge < -0.3 is 6.92 Å². The second-order valence-corrected chi connectivity index (χ2v) is 3.34. The van der Waals surface area contributed by atoms with Crippen molar-refractivity contribution in [1.29, 1.82) is 0 Å². The minimum Gasteiger partial charge on any atom is -0.340 e. The van der Waals surface area contributed by atoms with Gasteiger partial charge in [-0.25, -0.2) is 0 Å². The molecule has 3 atom stereocenters. The minimum absolute atomic E-state index is 0. The second-order valence-electron chi connectivity index (χ2n) is 3.34. The molecule has 0 nitrogen and oxygen atoms in total. The van der Waals surface area contributed by atoms with Crippen molar-refractivity contribution < 1.29 is 31.1 Å². The summed E-state index contributed by atoms with van der Waals surface area (Å²) in [5, 5.41) is 0. The van der Waals surface area contributed by atoms with Gasteiger partial charge in [0, 0.05) is 31.1 Å². The van der Waals surface area contributed by atoms with Crippen LogP contribution in [-0.4, -0.2) is 0 Å². The summed E-state index contributed by atoms with van der Waals surface area (Å²) in [5.74, 6) is 2.99. The van der Waals surface area contributed by atoms with E-state index in [-0.39, 0.29) is 31.1 Å². The quantitative estimate of drug-likeness (QED) is 0.590. The predicted octanol–water partition coefficient (Wildman–Crippen LogP) is 2.26. The first-order valence-electron chi connectivity index (χ1n) is 3.71. The van der Waals surface area contributed by atoms with E-state index in [1.807, 2.05) is 0 Å². The van der Waals surface area contributed by atoms with Crippen molar-refractivity contribution in [2.24, 2.45) is 17.8 Å². The van der Waals surface area contributed by atoms with Crippen LogP contribution in [0.1, 0.15) is 25.7 Å². The summed E-state index contributed by atoms with van der Waals surface area (Å²) in [7, 11) is 0. The summed E-state index contributed by atoms with van der Waals surface area (Å²) < 4.78 is 0. The molecule has 0 aromatic heterocycles. The molecule has 0 aliphatic heterocycles. The van der Waals surface area contributed by atoms with Crippen LogP contribution < -0.4 is 0 Å². The van der Waals surface area contributed by atoms with E-state index in [1.165, 1.54) is 25.7 Å². The van der Waals surface area contributed by atoms with Crippen LogP contribution in [0.25, 0.3) is 0 Å². The van der Waals surface area contributed by atoms with Crippen LogP contribution in [0.15, 0.2) is 0 Å². The summed E-state index contributed by atoms with van der Waals surface area (Å²) in [6.45, 7) is 4.12. The zero-order valence-electron chi connectivity index (χ0n) is 5.77. The van der Waals surface area contributed by atoms with E-state index in [0.29, 0.717) is 0 Å². The van der Waals surface area contributed by atoms with E-state index in [2.05, 4.69) is 6.92 Å². The molecule has 2 aliphatic rings. The van der Waals surface area contributed by atoms with Crippen molar-refractivity contribution in [2.45, 2.75) is 25.7 Å². The molecule has 9 heavy (non-hydrogen) atoms. The van der Waals surface area contributed by atoms with E-state index < -0.39 is 0 Å². The molecule has 0 spiro atoms. The molecular weight excluding hydrogens is 334 g/mol. The van der Waals surface area contributed by atoms with E-state index in [4.69, 9.17) is 0 Å². The zero-order valence-corrected chi connectivity index (χ0v) is 9.93. The topological polar surface area (TPSA) is 0 Å². The second kappa shape index (κ2) is 2.97. The van der Waals surface area contributed by atoms with Crippen LogP contribution in [0.5, 0.6) is 0 Å². The first-order chi connectivity index (χ1) is 3.88. The van der Waals surface area contributed by atoms with Crippen molar-refractivity contribution in [3.8, 4) is 0 Å². The Labute approximate surface area is 81.2 Å². The van der Waals surface area contributed by atoms with Gasteiger partial charge in [0.25, 0.3) is 0 Å². The monoisotopic (exact) mass is 347 g/mol. The molecule has 2 aliphatic carbocycles. The Morgan fingerprint density at radius 1 is 1.00 bits per heavy atom.